The molecule has 1 aromatic carbocycles. The van der Waals surface area contributed by atoms with Crippen LogP contribution in [0.5, 0.6) is 0 Å². The van der Waals surface area contributed by atoms with Crippen molar-refractivity contribution < 1.29 is 14.4 Å². The summed E-state index contributed by atoms with van der Waals surface area (Å²) in [5.41, 5.74) is 0.743. The van der Waals surface area contributed by atoms with E-state index in [-0.39, 0.29) is 36.2 Å². The monoisotopic (exact) mass is 344 g/mol. The molecule has 2 rings (SSSR count). The first-order valence-corrected chi connectivity index (χ1v) is 8.92. The number of benzene rings is 1. The van der Waals surface area contributed by atoms with Gasteiger partial charge in [0.1, 0.15) is 6.29 Å². The number of hydrogen-bond donors (Lipinski definition) is 0. The zero-order chi connectivity index (χ0) is 18.4. The largest absolute Gasteiger partial charge is 0.334 e. The van der Waals surface area contributed by atoms with Gasteiger partial charge in [0.2, 0.25) is 11.8 Å². The Labute approximate surface area is 150 Å². The predicted octanol–water partition coefficient (Wildman–Crippen LogP) is 2.78. The Hall–Kier alpha value is -2.17. The maximum Gasteiger partial charge on any atom is 0.223 e. The Kier molecular flexibility index (Phi) is 6.34. The van der Waals surface area contributed by atoms with Crippen LogP contribution in [0.2, 0.25) is 0 Å². The van der Waals surface area contributed by atoms with Crippen LogP contribution < -0.4 is 0 Å². The highest BCUT2D eigenvalue weighted by atomic mass is 16.2. The Bertz CT molecular complexity index is 607. The molecule has 1 heterocycles. The molecular weight excluding hydrogens is 316 g/mol. The number of rotatable bonds is 6. The van der Waals surface area contributed by atoms with Gasteiger partial charge in [-0.1, -0.05) is 30.3 Å². The third kappa shape index (κ3) is 5.15. The molecule has 0 radical (unpaired) electrons. The second kappa shape index (κ2) is 8.28. The molecule has 1 aromatic rings. The quantitative estimate of drug-likeness (QED) is 0.746. The highest BCUT2D eigenvalue weighted by molar-refractivity contribution is 5.85. The molecule has 136 valence electrons. The molecule has 1 saturated heterocycles. The summed E-state index contributed by atoms with van der Waals surface area (Å²) in [5.74, 6) is -0.136. The summed E-state index contributed by atoms with van der Waals surface area (Å²) in [7, 11) is 0. The fourth-order valence-electron chi connectivity index (χ4n) is 3.20. The van der Waals surface area contributed by atoms with Crippen molar-refractivity contribution in [3.05, 3.63) is 35.9 Å². The summed E-state index contributed by atoms with van der Waals surface area (Å²) in [6.07, 6.45) is 2.75. The van der Waals surface area contributed by atoms with Gasteiger partial charge in [0.25, 0.3) is 0 Å². The zero-order valence-electron chi connectivity index (χ0n) is 15.4. The lowest BCUT2D eigenvalue weighted by atomic mass is 10.0. The average Bonchev–Trinajstić information content (AvgIpc) is 3.06. The van der Waals surface area contributed by atoms with E-state index in [1.165, 1.54) is 0 Å². The van der Waals surface area contributed by atoms with Crippen molar-refractivity contribution >= 4 is 18.1 Å². The SMILES string of the molecule is CC(C)(C)N(Cc1ccccc1)C(=O)CCC(=O)N1CCC[C@H]1C=O. The minimum Gasteiger partial charge on any atom is -0.334 e. The fraction of sp³-hybridized carbons (Fsp3) is 0.550. The average molecular weight is 344 g/mol. The number of aldehydes is 1. The molecule has 0 spiro atoms. The fourth-order valence-corrected chi connectivity index (χ4v) is 3.20. The number of amides is 2. The molecule has 1 aliphatic heterocycles. The summed E-state index contributed by atoms with van der Waals surface area (Å²) in [6, 6.07) is 9.54. The second-order valence-electron chi connectivity index (χ2n) is 7.57. The molecule has 0 bridgehead atoms. The van der Waals surface area contributed by atoms with Gasteiger partial charge in [-0.15, -0.1) is 0 Å². The molecule has 1 fully saturated rings. The number of hydrogen-bond acceptors (Lipinski definition) is 3. The van der Waals surface area contributed by atoms with Crippen LogP contribution in [0.15, 0.2) is 30.3 Å². The van der Waals surface area contributed by atoms with Gasteiger partial charge in [0, 0.05) is 31.5 Å². The number of likely N-dealkylation sites (tertiary alicyclic amines) is 1. The van der Waals surface area contributed by atoms with Crippen molar-refractivity contribution in [2.24, 2.45) is 0 Å². The van der Waals surface area contributed by atoms with E-state index in [0.717, 1.165) is 24.7 Å². The Balaban J connectivity index is 1.97. The molecule has 0 saturated carbocycles. The minimum absolute atomic E-state index is 0.0356. The van der Waals surface area contributed by atoms with Crippen LogP contribution in [0.25, 0.3) is 0 Å². The molecule has 2 amide bonds. The summed E-state index contributed by atoms with van der Waals surface area (Å²) in [4.78, 5) is 39.6. The van der Waals surface area contributed by atoms with Crippen LogP contribution in [0.4, 0.5) is 0 Å². The molecule has 25 heavy (non-hydrogen) atoms. The van der Waals surface area contributed by atoms with E-state index in [1.54, 1.807) is 4.90 Å². The lowest BCUT2D eigenvalue weighted by Crippen LogP contribution is -2.45. The van der Waals surface area contributed by atoms with Crippen molar-refractivity contribution in [3.63, 3.8) is 0 Å². The van der Waals surface area contributed by atoms with Crippen LogP contribution >= 0.6 is 0 Å². The highest BCUT2D eigenvalue weighted by Crippen LogP contribution is 2.21. The van der Waals surface area contributed by atoms with E-state index < -0.39 is 0 Å². The first-order valence-electron chi connectivity index (χ1n) is 8.92. The first-order chi connectivity index (χ1) is 11.8. The van der Waals surface area contributed by atoms with Gasteiger partial charge in [-0.05, 0) is 39.2 Å². The topological polar surface area (TPSA) is 57.7 Å². The van der Waals surface area contributed by atoms with E-state index in [4.69, 9.17) is 0 Å². The van der Waals surface area contributed by atoms with Crippen LogP contribution in [-0.4, -0.2) is 46.0 Å². The standard InChI is InChI=1S/C20H28N2O3/c1-20(2,3)22(14-16-8-5-4-6-9-16)19(25)12-11-18(24)21-13-7-10-17(21)15-23/h4-6,8-9,15,17H,7,10-14H2,1-3H3/t17-/m0/s1. The molecule has 1 aliphatic rings. The zero-order valence-corrected chi connectivity index (χ0v) is 15.4. The summed E-state index contributed by atoms with van der Waals surface area (Å²) in [6.45, 7) is 7.14. The predicted molar refractivity (Wildman–Crippen MR) is 96.8 cm³/mol. The maximum atomic E-state index is 12.8. The van der Waals surface area contributed by atoms with Crippen molar-refractivity contribution in [1.29, 1.82) is 0 Å². The van der Waals surface area contributed by atoms with E-state index in [0.29, 0.717) is 13.1 Å². The smallest absolute Gasteiger partial charge is 0.223 e. The Morgan fingerprint density at radius 2 is 1.88 bits per heavy atom. The van der Waals surface area contributed by atoms with Crippen molar-refractivity contribution in [3.8, 4) is 0 Å². The molecular formula is C20H28N2O3. The highest BCUT2D eigenvalue weighted by Gasteiger charge is 2.30. The molecule has 1 atom stereocenters. The van der Waals surface area contributed by atoms with Gasteiger partial charge in [-0.3, -0.25) is 9.59 Å². The van der Waals surface area contributed by atoms with Gasteiger partial charge < -0.3 is 14.6 Å². The van der Waals surface area contributed by atoms with Crippen LogP contribution in [0.1, 0.15) is 52.0 Å². The van der Waals surface area contributed by atoms with Crippen molar-refractivity contribution in [2.45, 2.75) is 64.6 Å². The number of nitrogens with zero attached hydrogens (tertiary/aromatic N) is 2. The van der Waals surface area contributed by atoms with Crippen molar-refractivity contribution in [2.75, 3.05) is 6.54 Å². The lowest BCUT2D eigenvalue weighted by Gasteiger charge is -2.36. The van der Waals surface area contributed by atoms with E-state index in [9.17, 15) is 14.4 Å². The van der Waals surface area contributed by atoms with E-state index in [1.807, 2.05) is 56.0 Å². The lowest BCUT2D eigenvalue weighted by molar-refractivity contribution is -0.141. The third-order valence-electron chi connectivity index (χ3n) is 4.62. The Morgan fingerprint density at radius 1 is 1.20 bits per heavy atom. The van der Waals surface area contributed by atoms with Gasteiger partial charge in [0.05, 0.1) is 6.04 Å². The van der Waals surface area contributed by atoms with Crippen molar-refractivity contribution in [1.82, 2.24) is 9.80 Å². The second-order valence-corrected chi connectivity index (χ2v) is 7.57. The summed E-state index contributed by atoms with van der Waals surface area (Å²) >= 11 is 0. The summed E-state index contributed by atoms with van der Waals surface area (Å²) < 4.78 is 0. The molecule has 0 aromatic heterocycles. The number of carbonyl (C=O) groups excluding carboxylic acids is 3. The molecule has 0 aliphatic carbocycles. The van der Waals surface area contributed by atoms with Crippen LogP contribution in [0.3, 0.4) is 0 Å². The Morgan fingerprint density at radius 3 is 2.48 bits per heavy atom. The molecule has 5 nitrogen and oxygen atoms in total. The van der Waals surface area contributed by atoms with E-state index >= 15 is 0 Å². The molecule has 0 N–H and O–H groups in total. The third-order valence-corrected chi connectivity index (χ3v) is 4.62. The maximum absolute atomic E-state index is 12.8. The van der Waals surface area contributed by atoms with Gasteiger partial charge in [-0.25, -0.2) is 0 Å². The molecule has 0 unspecified atom stereocenters. The normalized spacial score (nSPS) is 17.4. The van der Waals surface area contributed by atoms with Crippen LogP contribution in [-0.2, 0) is 20.9 Å². The number of carbonyl (C=O) groups is 3. The van der Waals surface area contributed by atoms with Gasteiger partial charge >= 0.3 is 0 Å². The summed E-state index contributed by atoms with van der Waals surface area (Å²) in [5, 5.41) is 0. The molecule has 5 heteroatoms. The van der Waals surface area contributed by atoms with Gasteiger partial charge in [0.15, 0.2) is 0 Å². The van der Waals surface area contributed by atoms with Crippen LogP contribution in [0, 0.1) is 0 Å². The van der Waals surface area contributed by atoms with E-state index in [2.05, 4.69) is 0 Å². The minimum atomic E-state index is -0.324. The van der Waals surface area contributed by atoms with Gasteiger partial charge in [-0.2, -0.15) is 0 Å². The first kappa shape index (κ1) is 19.2.